The average Bonchev–Trinajstić information content (AvgIpc) is 3.20. The summed E-state index contributed by atoms with van der Waals surface area (Å²) in [4.78, 5) is 24.2. The molecule has 176 valence electrons. The maximum atomic E-state index is 12.4. The number of rotatable bonds is 5. The molecule has 0 saturated carbocycles. The first kappa shape index (κ1) is 22.5. The van der Waals surface area contributed by atoms with E-state index >= 15 is 0 Å². The second-order valence-corrected chi connectivity index (χ2v) is 10.1. The zero-order chi connectivity index (χ0) is 22.8. The third-order valence-corrected chi connectivity index (χ3v) is 8.01. The summed E-state index contributed by atoms with van der Waals surface area (Å²) in [5.41, 5.74) is 4.33. The van der Waals surface area contributed by atoms with Crippen LogP contribution < -0.4 is 15.1 Å². The summed E-state index contributed by atoms with van der Waals surface area (Å²) >= 11 is 6.69. The highest BCUT2D eigenvalue weighted by molar-refractivity contribution is 6.33. The van der Waals surface area contributed by atoms with Gasteiger partial charge in [0.25, 0.3) is 0 Å². The number of nitrogens with zero attached hydrogens (tertiary/aromatic N) is 4. The van der Waals surface area contributed by atoms with E-state index in [-0.39, 0.29) is 11.3 Å². The van der Waals surface area contributed by atoms with Crippen molar-refractivity contribution in [1.29, 1.82) is 0 Å². The summed E-state index contributed by atoms with van der Waals surface area (Å²) in [7, 11) is 0. The van der Waals surface area contributed by atoms with Crippen LogP contribution >= 0.6 is 11.6 Å². The lowest BCUT2D eigenvalue weighted by Crippen LogP contribution is -2.46. The number of carbonyl (C=O) groups excluding carboxylic acids is 1. The van der Waals surface area contributed by atoms with Crippen LogP contribution in [0.4, 0.5) is 11.4 Å². The molecule has 3 fully saturated rings. The number of aromatic nitrogens is 1. The van der Waals surface area contributed by atoms with Crippen LogP contribution in [0.25, 0.3) is 11.1 Å². The molecule has 33 heavy (non-hydrogen) atoms. The molecule has 0 bridgehead atoms. The Bertz CT molecular complexity index is 979. The minimum atomic E-state index is -0.182. The van der Waals surface area contributed by atoms with Crippen molar-refractivity contribution in [3.63, 3.8) is 0 Å². The number of nitrogens with one attached hydrogen (secondary N) is 1. The number of benzene rings is 1. The molecule has 0 radical (unpaired) electrons. The van der Waals surface area contributed by atoms with E-state index in [1.165, 1.54) is 18.7 Å². The fourth-order valence-corrected chi connectivity index (χ4v) is 5.99. The summed E-state index contributed by atoms with van der Waals surface area (Å²) in [5.74, 6) is 0.231. The molecule has 6 nitrogen and oxygen atoms in total. The summed E-state index contributed by atoms with van der Waals surface area (Å²) in [6, 6.07) is 8.84. The van der Waals surface area contributed by atoms with Crippen molar-refractivity contribution in [3.8, 4) is 11.1 Å². The lowest BCUT2D eigenvalue weighted by Gasteiger charge is -2.39. The van der Waals surface area contributed by atoms with Crippen LogP contribution in [0.2, 0.25) is 5.02 Å². The molecule has 0 atom stereocenters. The predicted molar refractivity (Wildman–Crippen MR) is 135 cm³/mol. The third kappa shape index (κ3) is 4.43. The van der Waals surface area contributed by atoms with Gasteiger partial charge in [-0.05, 0) is 49.9 Å². The Hall–Kier alpha value is -2.31. The molecule has 1 spiro atoms. The quantitative estimate of drug-likeness (QED) is 0.719. The highest BCUT2D eigenvalue weighted by Gasteiger charge is 2.44. The van der Waals surface area contributed by atoms with Crippen LogP contribution in [0.3, 0.4) is 0 Å². The van der Waals surface area contributed by atoms with Gasteiger partial charge in [-0.2, -0.15) is 0 Å². The topological polar surface area (TPSA) is 51.7 Å². The van der Waals surface area contributed by atoms with Crippen molar-refractivity contribution in [3.05, 3.63) is 41.7 Å². The Labute approximate surface area is 201 Å². The first-order chi connectivity index (χ1) is 16.1. The Morgan fingerprint density at radius 3 is 2.33 bits per heavy atom. The fourth-order valence-electron chi connectivity index (χ4n) is 5.71. The van der Waals surface area contributed by atoms with Gasteiger partial charge in [0.2, 0.25) is 5.91 Å². The number of halogens is 1. The van der Waals surface area contributed by atoms with E-state index in [1.54, 1.807) is 6.20 Å². The molecule has 1 aromatic carbocycles. The van der Waals surface area contributed by atoms with Gasteiger partial charge in [-0.1, -0.05) is 30.7 Å². The Morgan fingerprint density at radius 2 is 1.70 bits per heavy atom. The SMILES string of the molecule is CCCN1CCN(c2ccc(-c3cncc(Cl)c3N3CCC4(CCNC4=O)CC3)cc2)CC1. The normalized spacial score (nSPS) is 21.0. The van der Waals surface area contributed by atoms with E-state index in [9.17, 15) is 4.79 Å². The zero-order valence-corrected chi connectivity index (χ0v) is 20.3. The van der Waals surface area contributed by atoms with E-state index in [0.29, 0.717) is 5.02 Å². The zero-order valence-electron chi connectivity index (χ0n) is 19.5. The van der Waals surface area contributed by atoms with Gasteiger partial charge in [0.1, 0.15) is 0 Å². The first-order valence-corrected chi connectivity index (χ1v) is 12.7. The molecule has 3 saturated heterocycles. The molecule has 5 rings (SSSR count). The van der Waals surface area contributed by atoms with E-state index in [4.69, 9.17) is 11.6 Å². The van der Waals surface area contributed by atoms with Crippen LogP contribution in [-0.2, 0) is 4.79 Å². The number of carbonyl (C=O) groups is 1. The largest absolute Gasteiger partial charge is 0.370 e. The molecule has 3 aliphatic rings. The van der Waals surface area contributed by atoms with Crippen molar-refractivity contribution < 1.29 is 4.79 Å². The van der Waals surface area contributed by atoms with Crippen molar-refractivity contribution in [2.45, 2.75) is 32.6 Å². The van der Waals surface area contributed by atoms with Gasteiger partial charge in [-0.25, -0.2) is 0 Å². The number of piperidine rings is 1. The Balaban J connectivity index is 1.32. The van der Waals surface area contributed by atoms with E-state index in [2.05, 4.69) is 56.2 Å². The highest BCUT2D eigenvalue weighted by Crippen LogP contribution is 2.43. The second-order valence-electron chi connectivity index (χ2n) is 9.67. The van der Waals surface area contributed by atoms with Crippen LogP contribution in [0.15, 0.2) is 36.7 Å². The van der Waals surface area contributed by atoms with Crippen molar-refractivity contribution >= 4 is 28.9 Å². The molecule has 0 aliphatic carbocycles. The van der Waals surface area contributed by atoms with Crippen LogP contribution in [0, 0.1) is 5.41 Å². The Morgan fingerprint density at radius 1 is 0.970 bits per heavy atom. The van der Waals surface area contributed by atoms with Gasteiger partial charge in [0.05, 0.1) is 16.1 Å². The fraction of sp³-hybridized carbons (Fsp3) is 0.538. The summed E-state index contributed by atoms with van der Waals surface area (Å²) in [5, 5.41) is 3.70. The van der Waals surface area contributed by atoms with Crippen LogP contribution in [-0.4, -0.2) is 68.1 Å². The maximum Gasteiger partial charge on any atom is 0.226 e. The summed E-state index contributed by atoms with van der Waals surface area (Å²) in [6.07, 6.45) is 7.57. The lowest BCUT2D eigenvalue weighted by molar-refractivity contribution is -0.128. The van der Waals surface area contributed by atoms with Crippen LogP contribution in [0.1, 0.15) is 32.6 Å². The number of piperazine rings is 1. The molecule has 0 unspecified atom stereocenters. The Kier molecular flexibility index (Phi) is 6.48. The van der Waals surface area contributed by atoms with Gasteiger partial charge in [0, 0.05) is 69.5 Å². The first-order valence-electron chi connectivity index (χ1n) is 12.3. The van der Waals surface area contributed by atoms with Gasteiger partial charge in [-0.15, -0.1) is 0 Å². The van der Waals surface area contributed by atoms with E-state index in [1.807, 2.05) is 6.20 Å². The number of amides is 1. The summed E-state index contributed by atoms with van der Waals surface area (Å²) < 4.78 is 0. The second kappa shape index (κ2) is 9.51. The molecule has 1 amide bonds. The van der Waals surface area contributed by atoms with Gasteiger partial charge >= 0.3 is 0 Å². The smallest absolute Gasteiger partial charge is 0.226 e. The van der Waals surface area contributed by atoms with Gasteiger partial charge in [-0.3, -0.25) is 14.7 Å². The maximum absolute atomic E-state index is 12.4. The minimum absolute atomic E-state index is 0.182. The van der Waals surface area contributed by atoms with E-state index in [0.717, 1.165) is 81.9 Å². The van der Waals surface area contributed by atoms with Gasteiger partial charge in [0.15, 0.2) is 0 Å². The minimum Gasteiger partial charge on any atom is -0.370 e. The average molecular weight is 468 g/mol. The third-order valence-electron chi connectivity index (χ3n) is 7.74. The molecular formula is C26H34ClN5O. The molecule has 1 N–H and O–H groups in total. The number of hydrogen-bond acceptors (Lipinski definition) is 5. The van der Waals surface area contributed by atoms with Crippen molar-refractivity contribution in [2.24, 2.45) is 5.41 Å². The molecule has 2 aromatic rings. The standard InChI is InChI=1S/C26H34ClN5O/c1-2-11-30-14-16-31(17-15-30)21-5-3-20(4-6-21)22-18-28-19-23(27)24(22)32-12-8-26(9-13-32)7-10-29-25(26)33/h3-6,18-19H,2,7-17H2,1H3,(H,29,33). The molecular weight excluding hydrogens is 434 g/mol. The van der Waals surface area contributed by atoms with E-state index < -0.39 is 0 Å². The monoisotopic (exact) mass is 467 g/mol. The van der Waals surface area contributed by atoms with Crippen molar-refractivity contribution in [1.82, 2.24) is 15.2 Å². The number of anilines is 2. The molecule has 3 aliphatic heterocycles. The molecule has 4 heterocycles. The summed E-state index contributed by atoms with van der Waals surface area (Å²) in [6.45, 7) is 10.3. The predicted octanol–water partition coefficient (Wildman–Crippen LogP) is 4.04. The van der Waals surface area contributed by atoms with Gasteiger partial charge < -0.3 is 15.1 Å². The highest BCUT2D eigenvalue weighted by atomic mass is 35.5. The molecule has 7 heteroatoms. The van der Waals surface area contributed by atoms with Crippen LogP contribution in [0.5, 0.6) is 0 Å². The van der Waals surface area contributed by atoms with Crippen molar-refractivity contribution in [2.75, 3.05) is 62.2 Å². The lowest BCUT2D eigenvalue weighted by atomic mass is 9.77. The number of pyridine rings is 1. The number of hydrogen-bond donors (Lipinski definition) is 1. The molecule has 1 aromatic heterocycles.